The third kappa shape index (κ3) is 4.32. The summed E-state index contributed by atoms with van der Waals surface area (Å²) in [5.41, 5.74) is 4.20. The Balaban J connectivity index is 1.81. The molecule has 0 radical (unpaired) electrons. The Hall–Kier alpha value is -3.54. The number of halogens is 1. The number of hydrogen-bond acceptors (Lipinski definition) is 5. The Morgan fingerprint density at radius 2 is 1.88 bits per heavy atom. The number of fused-ring (bicyclic) bond motifs is 1. The third-order valence-corrected chi connectivity index (χ3v) is 7.70. The maximum Gasteiger partial charge on any atom is 0.310 e. The maximum atomic E-state index is 13.3. The second-order valence-electron chi connectivity index (χ2n) is 7.75. The second kappa shape index (κ2) is 9.37. The van der Waals surface area contributed by atoms with Crippen molar-refractivity contribution >= 4 is 33.1 Å². The summed E-state index contributed by atoms with van der Waals surface area (Å²) in [5.74, 6) is -0.345. The summed E-state index contributed by atoms with van der Waals surface area (Å²) >= 11 is 5.92. The monoisotopic (exact) mass is 495 g/mol. The fourth-order valence-electron chi connectivity index (χ4n) is 4.04. The van der Waals surface area contributed by atoms with E-state index in [4.69, 9.17) is 16.3 Å². The van der Waals surface area contributed by atoms with Crippen LogP contribution in [0.15, 0.2) is 65.8 Å². The van der Waals surface area contributed by atoms with Crippen molar-refractivity contribution in [2.45, 2.75) is 31.6 Å². The second-order valence-corrected chi connectivity index (χ2v) is 10.00. The number of benzene rings is 1. The molecule has 0 bridgehead atoms. The molecule has 9 heteroatoms. The summed E-state index contributed by atoms with van der Waals surface area (Å²) in [4.78, 5) is 12.4. The molecule has 0 atom stereocenters. The van der Waals surface area contributed by atoms with Gasteiger partial charge in [0, 0.05) is 40.7 Å². The van der Waals surface area contributed by atoms with Crippen LogP contribution in [0.2, 0.25) is 5.02 Å². The number of nitrogens with zero attached hydrogens (tertiary/aromatic N) is 3. The van der Waals surface area contributed by atoms with Gasteiger partial charge < -0.3 is 9.14 Å². The Labute approximate surface area is 202 Å². The minimum atomic E-state index is -3.84. The first kappa shape index (κ1) is 23.6. The molecule has 0 aliphatic carbocycles. The van der Waals surface area contributed by atoms with Crippen molar-refractivity contribution in [3.63, 3.8) is 0 Å². The average molecular weight is 496 g/mol. The minimum absolute atomic E-state index is 0.0825. The van der Waals surface area contributed by atoms with Gasteiger partial charge in [0.25, 0.3) is 10.0 Å². The van der Waals surface area contributed by atoms with Crippen molar-refractivity contribution < 1.29 is 17.9 Å². The Morgan fingerprint density at radius 1 is 1.15 bits per heavy atom. The lowest BCUT2D eigenvalue weighted by atomic mass is 10.1. The molecule has 0 fully saturated rings. The third-order valence-electron chi connectivity index (χ3n) is 5.70. The number of nitriles is 1. The van der Waals surface area contributed by atoms with E-state index >= 15 is 0 Å². The van der Waals surface area contributed by atoms with Gasteiger partial charge in [0.15, 0.2) is 0 Å². The molecule has 3 heterocycles. The zero-order valence-corrected chi connectivity index (χ0v) is 20.2. The molecule has 4 aromatic rings. The molecule has 0 aliphatic rings. The van der Waals surface area contributed by atoms with E-state index in [-0.39, 0.29) is 30.3 Å². The highest BCUT2D eigenvalue weighted by atomic mass is 35.5. The van der Waals surface area contributed by atoms with Crippen LogP contribution in [0.5, 0.6) is 0 Å². The number of pyridine rings is 1. The smallest absolute Gasteiger partial charge is 0.310 e. The molecule has 0 saturated heterocycles. The highest BCUT2D eigenvalue weighted by molar-refractivity contribution is 7.90. The summed E-state index contributed by atoms with van der Waals surface area (Å²) < 4.78 is 34.8. The molecule has 0 N–H and O–H groups in total. The predicted octanol–water partition coefficient (Wildman–Crippen LogP) is 4.51. The Kier molecular flexibility index (Phi) is 6.51. The maximum absolute atomic E-state index is 13.3. The van der Waals surface area contributed by atoms with Gasteiger partial charge >= 0.3 is 5.97 Å². The fraction of sp³-hybridized carbons (Fsp3) is 0.200. The van der Waals surface area contributed by atoms with Crippen molar-refractivity contribution in [2.75, 3.05) is 6.61 Å². The first-order valence-electron chi connectivity index (χ1n) is 10.6. The molecule has 7 nitrogen and oxygen atoms in total. The lowest BCUT2D eigenvalue weighted by Gasteiger charge is -2.12. The molecule has 1 aromatic carbocycles. The van der Waals surface area contributed by atoms with E-state index in [2.05, 4.69) is 6.07 Å². The van der Waals surface area contributed by atoms with Gasteiger partial charge in [-0.2, -0.15) is 5.26 Å². The van der Waals surface area contributed by atoms with Crippen LogP contribution in [-0.4, -0.2) is 29.4 Å². The zero-order chi connectivity index (χ0) is 24.5. The van der Waals surface area contributed by atoms with Crippen LogP contribution in [0.1, 0.15) is 35.0 Å². The van der Waals surface area contributed by atoms with Crippen LogP contribution in [-0.2, 0) is 32.4 Å². The summed E-state index contributed by atoms with van der Waals surface area (Å²) in [6.45, 7) is 3.93. The normalized spacial score (nSPS) is 11.5. The lowest BCUT2D eigenvalue weighted by molar-refractivity contribution is -0.142. The van der Waals surface area contributed by atoms with Crippen molar-refractivity contribution in [1.82, 2.24) is 8.37 Å². The minimum Gasteiger partial charge on any atom is -0.466 e. The number of rotatable bonds is 7. The molecule has 0 unspecified atom stereocenters. The molecule has 34 heavy (non-hydrogen) atoms. The fourth-order valence-corrected chi connectivity index (χ4v) is 5.54. The Morgan fingerprint density at radius 3 is 2.56 bits per heavy atom. The number of ether oxygens (including phenoxy) is 1. The number of carbonyl (C=O) groups excluding carboxylic acids is 1. The van der Waals surface area contributed by atoms with Gasteiger partial charge in [0.1, 0.15) is 6.07 Å². The van der Waals surface area contributed by atoms with Gasteiger partial charge in [0.2, 0.25) is 0 Å². The number of esters is 1. The van der Waals surface area contributed by atoms with Gasteiger partial charge in [-0.15, -0.1) is 0 Å². The molecule has 0 amide bonds. The highest BCUT2D eigenvalue weighted by Crippen LogP contribution is 2.28. The van der Waals surface area contributed by atoms with E-state index in [1.165, 1.54) is 34.4 Å². The van der Waals surface area contributed by atoms with Crippen LogP contribution in [0, 0.1) is 18.3 Å². The molecule has 174 valence electrons. The van der Waals surface area contributed by atoms with Crippen molar-refractivity contribution in [3.05, 3.63) is 94.0 Å². The summed E-state index contributed by atoms with van der Waals surface area (Å²) in [5, 5.41) is 9.85. The quantitative estimate of drug-likeness (QED) is 0.352. The van der Waals surface area contributed by atoms with Gasteiger partial charge in [-0.25, -0.2) is 12.4 Å². The Bertz CT molecular complexity index is 1530. The largest absolute Gasteiger partial charge is 0.466 e. The van der Waals surface area contributed by atoms with E-state index in [0.717, 1.165) is 22.3 Å². The number of carbonyl (C=O) groups is 1. The first-order valence-corrected chi connectivity index (χ1v) is 12.4. The average Bonchev–Trinajstić information content (AvgIpc) is 3.39. The summed E-state index contributed by atoms with van der Waals surface area (Å²) in [6, 6.07) is 15.0. The van der Waals surface area contributed by atoms with Crippen molar-refractivity contribution in [1.29, 1.82) is 5.26 Å². The first-order chi connectivity index (χ1) is 16.3. The summed E-state index contributed by atoms with van der Waals surface area (Å²) in [6.07, 6.45) is 3.56. The van der Waals surface area contributed by atoms with Gasteiger partial charge in [-0.1, -0.05) is 11.6 Å². The summed E-state index contributed by atoms with van der Waals surface area (Å²) in [7, 11) is -3.84. The molecule has 0 spiro atoms. The van der Waals surface area contributed by atoms with E-state index in [0.29, 0.717) is 16.3 Å². The van der Waals surface area contributed by atoms with Crippen LogP contribution >= 0.6 is 11.6 Å². The van der Waals surface area contributed by atoms with Crippen LogP contribution in [0.4, 0.5) is 0 Å². The van der Waals surface area contributed by atoms with E-state index < -0.39 is 10.0 Å². The van der Waals surface area contributed by atoms with Crippen molar-refractivity contribution in [2.24, 2.45) is 0 Å². The molecule has 4 rings (SSSR count). The standard InChI is InChI=1S/C25H22ClN3O4S/c1-3-33-25(30)14-22-17(2)24(28-16-18(15-27)6-11-23(22)28)13-20-5-4-12-29(20)34(31,32)21-9-7-19(26)8-10-21/h4-12,16H,3,13-14H2,1-2H3. The lowest BCUT2D eigenvalue weighted by Crippen LogP contribution is -2.15. The SMILES string of the molecule is CCOC(=O)Cc1c(C)c(Cc2cccn2S(=O)(=O)c2ccc(Cl)cc2)n2cc(C#N)ccc12. The van der Waals surface area contributed by atoms with Crippen LogP contribution < -0.4 is 0 Å². The van der Waals surface area contributed by atoms with Crippen LogP contribution in [0.3, 0.4) is 0 Å². The van der Waals surface area contributed by atoms with E-state index in [1.807, 2.05) is 11.3 Å². The molecular formula is C25H22ClN3O4S. The van der Waals surface area contributed by atoms with E-state index in [1.54, 1.807) is 37.4 Å². The highest BCUT2D eigenvalue weighted by Gasteiger charge is 2.23. The predicted molar refractivity (Wildman–Crippen MR) is 128 cm³/mol. The number of aromatic nitrogens is 2. The molecule has 0 aliphatic heterocycles. The van der Waals surface area contributed by atoms with Gasteiger partial charge in [-0.3, -0.25) is 4.79 Å². The molecular weight excluding hydrogens is 474 g/mol. The topological polar surface area (TPSA) is 93.6 Å². The molecule has 3 aromatic heterocycles. The number of hydrogen-bond donors (Lipinski definition) is 0. The zero-order valence-electron chi connectivity index (χ0n) is 18.7. The van der Waals surface area contributed by atoms with E-state index in [9.17, 15) is 18.5 Å². The van der Waals surface area contributed by atoms with Gasteiger partial charge in [0.05, 0.1) is 23.5 Å². The van der Waals surface area contributed by atoms with Gasteiger partial charge in [-0.05, 0) is 73.5 Å². The van der Waals surface area contributed by atoms with Crippen molar-refractivity contribution in [3.8, 4) is 6.07 Å². The van der Waals surface area contributed by atoms with Crippen LogP contribution in [0.25, 0.3) is 5.52 Å². The molecule has 0 saturated carbocycles.